The summed E-state index contributed by atoms with van der Waals surface area (Å²) in [5.41, 5.74) is 1.34. The Kier molecular flexibility index (Phi) is 4.12. The maximum atomic E-state index is 13.0. The van der Waals surface area contributed by atoms with Crippen LogP contribution in [0.15, 0.2) is 39.8 Å². The Morgan fingerprint density at radius 3 is 2.54 bits per heavy atom. The first-order chi connectivity index (χ1) is 12.5. The number of rotatable bonds is 3. The van der Waals surface area contributed by atoms with Gasteiger partial charge in [0, 0.05) is 25.1 Å². The number of aromatic nitrogens is 4. The third-order valence-electron chi connectivity index (χ3n) is 4.49. The van der Waals surface area contributed by atoms with Crippen LogP contribution in [0.3, 0.4) is 0 Å². The van der Waals surface area contributed by atoms with Crippen LogP contribution in [-0.4, -0.2) is 45.7 Å². The van der Waals surface area contributed by atoms with E-state index in [0.717, 1.165) is 11.4 Å². The van der Waals surface area contributed by atoms with E-state index in [9.17, 15) is 8.42 Å². The van der Waals surface area contributed by atoms with Crippen molar-refractivity contribution in [2.75, 3.05) is 13.1 Å². The van der Waals surface area contributed by atoms with E-state index < -0.39 is 10.0 Å². The van der Waals surface area contributed by atoms with E-state index in [1.165, 1.54) is 4.31 Å². The number of hydrogen-bond donors (Lipinski definition) is 0. The molecule has 2 aromatic heterocycles. The van der Waals surface area contributed by atoms with Gasteiger partial charge in [-0.05, 0) is 13.8 Å². The average Bonchev–Trinajstić information content (AvgIpc) is 3.12. The van der Waals surface area contributed by atoms with Crippen LogP contribution in [0.2, 0.25) is 0 Å². The van der Waals surface area contributed by atoms with Crippen molar-refractivity contribution in [1.29, 1.82) is 0 Å². The SMILES string of the molecule is Cc1noc(C)c1S(=O)(=O)N1CCc2nc(-c3ccccc3)nn2CC1. The molecule has 3 aromatic rings. The van der Waals surface area contributed by atoms with E-state index in [0.29, 0.717) is 43.3 Å². The lowest BCUT2D eigenvalue weighted by molar-refractivity contribution is 0.387. The first-order valence-electron chi connectivity index (χ1n) is 8.39. The molecule has 1 aliphatic heterocycles. The third kappa shape index (κ3) is 2.82. The Morgan fingerprint density at radius 1 is 1.08 bits per heavy atom. The topological polar surface area (TPSA) is 94.1 Å². The highest BCUT2D eigenvalue weighted by molar-refractivity contribution is 7.89. The van der Waals surface area contributed by atoms with Crippen molar-refractivity contribution in [3.63, 3.8) is 0 Å². The van der Waals surface area contributed by atoms with Gasteiger partial charge in [0.25, 0.3) is 0 Å². The van der Waals surface area contributed by atoms with Gasteiger partial charge in [0.1, 0.15) is 16.4 Å². The largest absolute Gasteiger partial charge is 0.360 e. The minimum absolute atomic E-state index is 0.162. The third-order valence-corrected chi connectivity index (χ3v) is 6.64. The van der Waals surface area contributed by atoms with E-state index >= 15 is 0 Å². The molecule has 1 aromatic carbocycles. The van der Waals surface area contributed by atoms with Crippen molar-refractivity contribution >= 4 is 10.0 Å². The summed E-state index contributed by atoms with van der Waals surface area (Å²) in [5, 5.41) is 8.31. The van der Waals surface area contributed by atoms with Gasteiger partial charge in [-0.25, -0.2) is 18.1 Å². The van der Waals surface area contributed by atoms with Gasteiger partial charge in [-0.15, -0.1) is 0 Å². The normalized spacial score (nSPS) is 15.6. The molecule has 0 aliphatic carbocycles. The van der Waals surface area contributed by atoms with Crippen LogP contribution in [0.1, 0.15) is 17.3 Å². The zero-order valence-corrected chi connectivity index (χ0v) is 15.4. The average molecular weight is 373 g/mol. The van der Waals surface area contributed by atoms with Gasteiger partial charge in [-0.3, -0.25) is 0 Å². The highest BCUT2D eigenvalue weighted by Crippen LogP contribution is 2.25. The van der Waals surface area contributed by atoms with Crippen molar-refractivity contribution in [2.45, 2.75) is 31.7 Å². The lowest BCUT2D eigenvalue weighted by Gasteiger charge is -2.19. The lowest BCUT2D eigenvalue weighted by Crippen LogP contribution is -2.34. The highest BCUT2D eigenvalue weighted by atomic mass is 32.2. The van der Waals surface area contributed by atoms with Gasteiger partial charge in [-0.1, -0.05) is 35.5 Å². The van der Waals surface area contributed by atoms with E-state index in [-0.39, 0.29) is 4.90 Å². The second kappa shape index (κ2) is 6.33. The number of benzene rings is 1. The number of nitrogens with zero attached hydrogens (tertiary/aromatic N) is 5. The summed E-state index contributed by atoms with van der Waals surface area (Å²) in [7, 11) is -3.65. The quantitative estimate of drug-likeness (QED) is 0.695. The Hall–Kier alpha value is -2.52. The molecule has 0 radical (unpaired) electrons. The maximum Gasteiger partial charge on any atom is 0.248 e. The molecule has 9 heteroatoms. The van der Waals surface area contributed by atoms with Crippen LogP contribution in [-0.2, 0) is 23.0 Å². The minimum Gasteiger partial charge on any atom is -0.360 e. The summed E-state index contributed by atoms with van der Waals surface area (Å²) in [4.78, 5) is 4.76. The molecule has 0 atom stereocenters. The molecule has 0 N–H and O–H groups in total. The molecular weight excluding hydrogens is 354 g/mol. The fourth-order valence-electron chi connectivity index (χ4n) is 3.20. The molecule has 4 rings (SSSR count). The molecule has 26 heavy (non-hydrogen) atoms. The molecule has 0 amide bonds. The summed E-state index contributed by atoms with van der Waals surface area (Å²) >= 11 is 0. The zero-order valence-electron chi connectivity index (χ0n) is 14.6. The van der Waals surface area contributed by atoms with Gasteiger partial charge in [0.2, 0.25) is 10.0 Å². The van der Waals surface area contributed by atoms with Gasteiger partial charge in [-0.2, -0.15) is 9.40 Å². The van der Waals surface area contributed by atoms with Crippen molar-refractivity contribution in [1.82, 2.24) is 24.2 Å². The highest BCUT2D eigenvalue weighted by Gasteiger charge is 2.32. The predicted octanol–water partition coefficient (Wildman–Crippen LogP) is 1.80. The molecule has 0 bridgehead atoms. The molecule has 8 nitrogen and oxygen atoms in total. The first kappa shape index (κ1) is 16.9. The number of sulfonamides is 1. The van der Waals surface area contributed by atoms with Crippen LogP contribution in [0.5, 0.6) is 0 Å². The van der Waals surface area contributed by atoms with Crippen LogP contribution < -0.4 is 0 Å². The second-order valence-corrected chi connectivity index (χ2v) is 8.12. The van der Waals surface area contributed by atoms with Crippen molar-refractivity contribution in [2.24, 2.45) is 0 Å². The Labute approximate surface area is 151 Å². The predicted molar refractivity (Wildman–Crippen MR) is 93.9 cm³/mol. The first-order valence-corrected chi connectivity index (χ1v) is 9.83. The van der Waals surface area contributed by atoms with Crippen molar-refractivity contribution in [3.8, 4) is 11.4 Å². The maximum absolute atomic E-state index is 13.0. The standard InChI is InChI=1S/C17H19N5O3S/c1-12-16(13(2)25-20-12)26(23,24)21-9-8-15-18-17(19-22(15)11-10-21)14-6-4-3-5-7-14/h3-7H,8-11H2,1-2H3. The van der Waals surface area contributed by atoms with Gasteiger partial charge < -0.3 is 4.52 Å². The molecule has 0 fully saturated rings. The summed E-state index contributed by atoms with van der Waals surface area (Å²) < 4.78 is 34.2. The molecule has 0 saturated heterocycles. The number of fused-ring (bicyclic) bond motifs is 1. The van der Waals surface area contributed by atoms with Gasteiger partial charge in [0.05, 0.1) is 6.54 Å². The summed E-state index contributed by atoms with van der Waals surface area (Å²) in [5.74, 6) is 1.77. The van der Waals surface area contributed by atoms with E-state index in [1.54, 1.807) is 18.5 Å². The number of aryl methyl sites for hydroxylation is 2. The van der Waals surface area contributed by atoms with Crippen molar-refractivity contribution < 1.29 is 12.9 Å². The van der Waals surface area contributed by atoms with Gasteiger partial charge >= 0.3 is 0 Å². The Balaban J connectivity index is 1.59. The van der Waals surface area contributed by atoms with Crippen LogP contribution >= 0.6 is 0 Å². The molecule has 3 heterocycles. The van der Waals surface area contributed by atoms with Crippen molar-refractivity contribution in [3.05, 3.63) is 47.6 Å². The monoisotopic (exact) mass is 373 g/mol. The summed E-state index contributed by atoms with van der Waals surface area (Å²) in [6, 6.07) is 9.76. The van der Waals surface area contributed by atoms with E-state index in [1.807, 2.05) is 30.3 Å². The van der Waals surface area contributed by atoms with E-state index in [2.05, 4.69) is 15.2 Å². The fraction of sp³-hybridized carbons (Fsp3) is 0.353. The van der Waals surface area contributed by atoms with Gasteiger partial charge in [0.15, 0.2) is 11.6 Å². The van der Waals surface area contributed by atoms with Crippen LogP contribution in [0, 0.1) is 13.8 Å². The smallest absolute Gasteiger partial charge is 0.248 e. The molecular formula is C17H19N5O3S. The molecule has 0 unspecified atom stereocenters. The zero-order chi connectivity index (χ0) is 18.3. The lowest BCUT2D eigenvalue weighted by atomic mass is 10.2. The molecule has 0 spiro atoms. The molecule has 1 aliphatic rings. The second-order valence-electron chi connectivity index (χ2n) is 6.25. The Bertz CT molecular complexity index is 995. The molecule has 0 saturated carbocycles. The number of hydrogen-bond acceptors (Lipinski definition) is 6. The molecule has 136 valence electrons. The van der Waals surface area contributed by atoms with E-state index in [4.69, 9.17) is 4.52 Å². The summed E-state index contributed by atoms with van der Waals surface area (Å²) in [6.45, 7) is 4.39. The Morgan fingerprint density at radius 2 is 1.85 bits per heavy atom. The van der Waals surface area contributed by atoms with Crippen LogP contribution in [0.25, 0.3) is 11.4 Å². The minimum atomic E-state index is -3.65. The fourth-order valence-corrected chi connectivity index (χ4v) is 4.93. The van der Waals surface area contributed by atoms with Crippen LogP contribution in [0.4, 0.5) is 0 Å². The summed E-state index contributed by atoms with van der Waals surface area (Å²) in [6.07, 6.45) is 0.502.